The molecule has 1 aliphatic rings. The molecule has 1 saturated heterocycles. The van der Waals surface area contributed by atoms with Crippen LogP contribution < -0.4 is 9.64 Å². The minimum Gasteiger partial charge on any atom is -0.478 e. The molecular formula is C10H12ClN3O3. The summed E-state index contributed by atoms with van der Waals surface area (Å²) in [5, 5.41) is 9.26. The lowest BCUT2D eigenvalue weighted by atomic mass is 10.1. The molecule has 0 spiro atoms. The first kappa shape index (κ1) is 12.1. The molecule has 0 saturated carbocycles. The van der Waals surface area contributed by atoms with Gasteiger partial charge in [-0.05, 0) is 0 Å². The minimum absolute atomic E-state index is 0.0222. The number of carbonyl (C=O) groups excluding carboxylic acids is 1. The van der Waals surface area contributed by atoms with Crippen LogP contribution in [0.3, 0.4) is 0 Å². The van der Waals surface area contributed by atoms with Crippen molar-refractivity contribution in [3.05, 3.63) is 11.3 Å². The van der Waals surface area contributed by atoms with E-state index in [2.05, 4.69) is 9.97 Å². The van der Waals surface area contributed by atoms with Crippen LogP contribution in [-0.2, 0) is 4.79 Å². The standard InChI is InChI=1S/C10H12ClN3O3/c1-17-10-9(12-3-7(11)13-10)14-4-6(5-15)2-8(14)16/h3,6,15H,2,4-5H2,1H3. The van der Waals surface area contributed by atoms with Crippen molar-refractivity contribution in [2.75, 3.05) is 25.2 Å². The van der Waals surface area contributed by atoms with Gasteiger partial charge in [0.2, 0.25) is 5.91 Å². The number of amides is 1. The van der Waals surface area contributed by atoms with Gasteiger partial charge in [0.15, 0.2) is 11.0 Å². The van der Waals surface area contributed by atoms with Gasteiger partial charge in [-0.15, -0.1) is 0 Å². The molecule has 1 N–H and O–H groups in total. The highest BCUT2D eigenvalue weighted by Crippen LogP contribution is 2.30. The van der Waals surface area contributed by atoms with E-state index in [-0.39, 0.29) is 29.5 Å². The first-order chi connectivity index (χ1) is 8.15. The second-order valence-corrected chi connectivity index (χ2v) is 4.17. The van der Waals surface area contributed by atoms with Gasteiger partial charge in [-0.1, -0.05) is 11.6 Å². The molecule has 2 heterocycles. The number of anilines is 1. The number of carbonyl (C=O) groups is 1. The predicted octanol–water partition coefficient (Wildman–Crippen LogP) is 0.484. The van der Waals surface area contributed by atoms with Gasteiger partial charge in [0.25, 0.3) is 5.88 Å². The van der Waals surface area contributed by atoms with Gasteiger partial charge in [0.05, 0.1) is 13.3 Å². The molecule has 1 aromatic heterocycles. The maximum Gasteiger partial charge on any atom is 0.259 e. The van der Waals surface area contributed by atoms with Crippen molar-refractivity contribution in [3.63, 3.8) is 0 Å². The summed E-state index contributed by atoms with van der Waals surface area (Å²) >= 11 is 5.70. The molecule has 0 radical (unpaired) electrons. The first-order valence-corrected chi connectivity index (χ1v) is 5.51. The van der Waals surface area contributed by atoms with Crippen molar-refractivity contribution >= 4 is 23.3 Å². The van der Waals surface area contributed by atoms with Gasteiger partial charge < -0.3 is 9.84 Å². The molecule has 1 amide bonds. The van der Waals surface area contributed by atoms with Gasteiger partial charge in [-0.2, -0.15) is 4.98 Å². The number of methoxy groups -OCH3 is 1. The zero-order chi connectivity index (χ0) is 12.4. The van der Waals surface area contributed by atoms with E-state index in [0.717, 1.165) is 0 Å². The lowest BCUT2D eigenvalue weighted by Gasteiger charge is -2.17. The molecule has 1 aromatic rings. The number of aliphatic hydroxyl groups is 1. The Morgan fingerprint density at radius 2 is 2.47 bits per heavy atom. The van der Waals surface area contributed by atoms with Gasteiger partial charge in [0, 0.05) is 25.5 Å². The number of halogens is 1. The molecule has 1 fully saturated rings. The molecule has 0 bridgehead atoms. The Morgan fingerprint density at radius 1 is 1.71 bits per heavy atom. The van der Waals surface area contributed by atoms with E-state index in [1.165, 1.54) is 18.2 Å². The van der Waals surface area contributed by atoms with Crippen LogP contribution in [0.15, 0.2) is 6.20 Å². The summed E-state index contributed by atoms with van der Waals surface area (Å²) in [5.41, 5.74) is 0. The third-order valence-electron chi connectivity index (χ3n) is 2.61. The molecule has 1 unspecified atom stereocenters. The van der Waals surface area contributed by atoms with Crippen LogP contribution in [0.5, 0.6) is 5.88 Å². The molecule has 6 nitrogen and oxygen atoms in total. The molecule has 1 aliphatic heterocycles. The van der Waals surface area contributed by atoms with Crippen LogP contribution in [0.4, 0.5) is 5.82 Å². The molecule has 1 atom stereocenters. The third-order valence-corrected chi connectivity index (χ3v) is 2.79. The first-order valence-electron chi connectivity index (χ1n) is 5.13. The predicted molar refractivity (Wildman–Crippen MR) is 61.1 cm³/mol. The Bertz CT molecular complexity index is 441. The fourth-order valence-electron chi connectivity index (χ4n) is 1.78. The topological polar surface area (TPSA) is 75.6 Å². The van der Waals surface area contributed by atoms with E-state index in [9.17, 15) is 4.79 Å². The zero-order valence-electron chi connectivity index (χ0n) is 9.26. The molecule has 2 rings (SSSR count). The average molecular weight is 258 g/mol. The Hall–Kier alpha value is -1.40. The molecule has 0 aromatic carbocycles. The van der Waals surface area contributed by atoms with Crippen LogP contribution in [0.2, 0.25) is 5.15 Å². The number of hydrogen-bond acceptors (Lipinski definition) is 5. The number of nitrogens with zero attached hydrogens (tertiary/aromatic N) is 3. The lowest BCUT2D eigenvalue weighted by molar-refractivity contribution is -0.117. The van der Waals surface area contributed by atoms with Crippen LogP contribution in [-0.4, -0.2) is 41.2 Å². The minimum atomic E-state index is -0.0982. The van der Waals surface area contributed by atoms with Crippen LogP contribution in [0.25, 0.3) is 0 Å². The van der Waals surface area contributed by atoms with Gasteiger partial charge in [0.1, 0.15) is 0 Å². The van der Waals surface area contributed by atoms with Gasteiger partial charge >= 0.3 is 0 Å². The lowest BCUT2D eigenvalue weighted by Crippen LogP contribution is -2.26. The number of hydrogen-bond donors (Lipinski definition) is 1. The molecule has 7 heteroatoms. The summed E-state index contributed by atoms with van der Waals surface area (Å²) in [6.45, 7) is 0.396. The molecule has 17 heavy (non-hydrogen) atoms. The zero-order valence-corrected chi connectivity index (χ0v) is 10.0. The van der Waals surface area contributed by atoms with Crippen molar-refractivity contribution < 1.29 is 14.6 Å². The quantitative estimate of drug-likeness (QED) is 0.853. The van der Waals surface area contributed by atoms with E-state index in [4.69, 9.17) is 21.4 Å². The largest absolute Gasteiger partial charge is 0.478 e. The normalized spacial score (nSPS) is 19.8. The highest BCUT2D eigenvalue weighted by molar-refractivity contribution is 6.29. The number of aliphatic hydroxyl groups excluding tert-OH is 1. The number of aromatic nitrogens is 2. The summed E-state index contributed by atoms with van der Waals surface area (Å²) in [4.78, 5) is 21.2. The Morgan fingerprint density at radius 3 is 3.06 bits per heavy atom. The fraction of sp³-hybridized carbons (Fsp3) is 0.500. The van der Waals surface area contributed by atoms with Crippen LogP contribution >= 0.6 is 11.6 Å². The summed E-state index contributed by atoms with van der Waals surface area (Å²) in [5.74, 6) is 0.394. The SMILES string of the molecule is COc1nc(Cl)cnc1N1CC(CO)CC1=O. The van der Waals surface area contributed by atoms with Gasteiger partial charge in [-0.3, -0.25) is 9.69 Å². The van der Waals surface area contributed by atoms with Crippen LogP contribution in [0.1, 0.15) is 6.42 Å². The average Bonchev–Trinajstić information content (AvgIpc) is 2.70. The summed E-state index contributed by atoms with van der Waals surface area (Å²) in [6, 6.07) is 0. The monoisotopic (exact) mass is 257 g/mol. The number of rotatable bonds is 3. The maximum atomic E-state index is 11.8. The van der Waals surface area contributed by atoms with E-state index >= 15 is 0 Å². The number of ether oxygens (including phenoxy) is 1. The van der Waals surface area contributed by atoms with E-state index in [0.29, 0.717) is 18.8 Å². The second kappa shape index (κ2) is 4.85. The summed E-state index contributed by atoms with van der Waals surface area (Å²) in [6.07, 6.45) is 1.67. The smallest absolute Gasteiger partial charge is 0.259 e. The van der Waals surface area contributed by atoms with E-state index in [1.54, 1.807) is 0 Å². The Kier molecular flexibility index (Phi) is 3.44. The summed E-state index contributed by atoms with van der Waals surface area (Å²) < 4.78 is 5.04. The van der Waals surface area contributed by atoms with E-state index < -0.39 is 0 Å². The summed E-state index contributed by atoms with van der Waals surface area (Å²) in [7, 11) is 1.44. The van der Waals surface area contributed by atoms with Crippen LogP contribution in [0, 0.1) is 5.92 Å². The molecule has 92 valence electrons. The fourth-order valence-corrected chi connectivity index (χ4v) is 1.90. The van der Waals surface area contributed by atoms with Crippen molar-refractivity contribution in [1.29, 1.82) is 0 Å². The highest BCUT2D eigenvalue weighted by Gasteiger charge is 2.33. The van der Waals surface area contributed by atoms with Crippen molar-refractivity contribution in [2.45, 2.75) is 6.42 Å². The van der Waals surface area contributed by atoms with Gasteiger partial charge in [-0.25, -0.2) is 4.98 Å². The second-order valence-electron chi connectivity index (χ2n) is 3.78. The van der Waals surface area contributed by atoms with Crippen molar-refractivity contribution in [1.82, 2.24) is 9.97 Å². The Labute approximate surface area is 103 Å². The van der Waals surface area contributed by atoms with E-state index in [1.807, 2.05) is 0 Å². The maximum absolute atomic E-state index is 11.8. The van der Waals surface area contributed by atoms with Crippen molar-refractivity contribution in [3.8, 4) is 5.88 Å². The Balaban J connectivity index is 2.31. The third kappa shape index (κ3) is 2.32. The highest BCUT2D eigenvalue weighted by atomic mass is 35.5. The molecule has 0 aliphatic carbocycles. The molecular weight excluding hydrogens is 246 g/mol. The van der Waals surface area contributed by atoms with Crippen molar-refractivity contribution in [2.24, 2.45) is 5.92 Å².